The highest BCUT2D eigenvalue weighted by molar-refractivity contribution is 5.15. The molecule has 0 bridgehead atoms. The zero-order chi connectivity index (χ0) is 23.6. The van der Waals surface area contributed by atoms with E-state index in [0.717, 1.165) is 19.3 Å². The number of aromatic nitrogens is 2. The first-order chi connectivity index (χ1) is 16.2. The summed E-state index contributed by atoms with van der Waals surface area (Å²) in [4.78, 5) is 5.02. The molecule has 0 amide bonds. The van der Waals surface area contributed by atoms with Crippen LogP contribution in [0.3, 0.4) is 0 Å². The standard InChI is InChI=1S/C31H52N2/c1-4-5-6-7-8-9-10-11-12-13-14-15-16-20-26-31-32-30(27-33(31)28(2)3)25-21-24-29-22-18-17-19-23-29/h17-19,22-23,27-28H,4-16,20-21,24-26H2,1-3H3. The lowest BCUT2D eigenvalue weighted by atomic mass is 10.0. The van der Waals surface area contributed by atoms with Crippen molar-refractivity contribution in [2.75, 3.05) is 0 Å². The zero-order valence-corrected chi connectivity index (χ0v) is 22.2. The van der Waals surface area contributed by atoms with Crippen LogP contribution in [0.4, 0.5) is 0 Å². The summed E-state index contributed by atoms with van der Waals surface area (Å²) in [5.41, 5.74) is 2.71. The summed E-state index contributed by atoms with van der Waals surface area (Å²) in [6.45, 7) is 6.86. The molecular weight excluding hydrogens is 400 g/mol. The summed E-state index contributed by atoms with van der Waals surface area (Å²) in [5, 5.41) is 0. The van der Waals surface area contributed by atoms with Gasteiger partial charge in [-0.05, 0) is 45.1 Å². The number of unbranched alkanes of at least 4 members (excludes halogenated alkanes) is 13. The van der Waals surface area contributed by atoms with Crippen LogP contribution >= 0.6 is 0 Å². The summed E-state index contributed by atoms with van der Waals surface area (Å²) in [6.07, 6.45) is 26.7. The van der Waals surface area contributed by atoms with Crippen LogP contribution in [0.5, 0.6) is 0 Å². The first kappa shape index (κ1) is 27.7. The van der Waals surface area contributed by atoms with Gasteiger partial charge in [-0.15, -0.1) is 0 Å². The van der Waals surface area contributed by atoms with Crippen LogP contribution in [-0.2, 0) is 19.3 Å². The Balaban J connectivity index is 1.53. The van der Waals surface area contributed by atoms with Crippen molar-refractivity contribution < 1.29 is 0 Å². The van der Waals surface area contributed by atoms with Gasteiger partial charge in [0.1, 0.15) is 5.82 Å². The van der Waals surface area contributed by atoms with Gasteiger partial charge in [-0.2, -0.15) is 0 Å². The molecule has 0 aliphatic carbocycles. The van der Waals surface area contributed by atoms with Gasteiger partial charge in [-0.1, -0.05) is 121 Å². The fourth-order valence-corrected chi connectivity index (χ4v) is 4.84. The monoisotopic (exact) mass is 452 g/mol. The molecule has 0 fully saturated rings. The summed E-state index contributed by atoms with van der Waals surface area (Å²) >= 11 is 0. The number of aryl methyl sites for hydroxylation is 3. The number of hydrogen-bond donors (Lipinski definition) is 0. The highest BCUT2D eigenvalue weighted by atomic mass is 15.1. The van der Waals surface area contributed by atoms with E-state index in [1.807, 2.05) is 0 Å². The third-order valence-corrected chi connectivity index (χ3v) is 6.91. The van der Waals surface area contributed by atoms with Crippen LogP contribution in [0.25, 0.3) is 0 Å². The van der Waals surface area contributed by atoms with Crippen molar-refractivity contribution in [1.29, 1.82) is 0 Å². The fraction of sp³-hybridized carbons (Fsp3) is 0.710. The van der Waals surface area contributed by atoms with Crippen molar-refractivity contribution in [2.24, 2.45) is 0 Å². The highest BCUT2D eigenvalue weighted by Gasteiger charge is 2.10. The lowest BCUT2D eigenvalue weighted by molar-refractivity contribution is 0.526. The van der Waals surface area contributed by atoms with Crippen molar-refractivity contribution in [3.05, 3.63) is 53.6 Å². The van der Waals surface area contributed by atoms with Crippen LogP contribution < -0.4 is 0 Å². The minimum atomic E-state index is 0.502. The quantitative estimate of drug-likeness (QED) is 0.183. The molecule has 0 atom stereocenters. The maximum Gasteiger partial charge on any atom is 0.109 e. The van der Waals surface area contributed by atoms with Crippen LogP contribution in [0, 0.1) is 0 Å². The predicted molar refractivity (Wildman–Crippen MR) is 145 cm³/mol. The van der Waals surface area contributed by atoms with Crippen LogP contribution in [-0.4, -0.2) is 9.55 Å². The van der Waals surface area contributed by atoms with E-state index in [2.05, 4.69) is 61.9 Å². The molecule has 0 unspecified atom stereocenters. The van der Waals surface area contributed by atoms with E-state index in [1.54, 1.807) is 0 Å². The van der Waals surface area contributed by atoms with E-state index in [-0.39, 0.29) is 0 Å². The second-order valence-electron chi connectivity index (χ2n) is 10.3. The van der Waals surface area contributed by atoms with Gasteiger partial charge in [0, 0.05) is 18.7 Å². The molecule has 0 N–H and O–H groups in total. The maximum absolute atomic E-state index is 5.02. The number of imidazole rings is 1. The number of hydrogen-bond acceptors (Lipinski definition) is 1. The minimum absolute atomic E-state index is 0.502. The number of benzene rings is 1. The molecule has 0 aliphatic heterocycles. The molecule has 1 heterocycles. The fourth-order valence-electron chi connectivity index (χ4n) is 4.84. The van der Waals surface area contributed by atoms with E-state index in [0.29, 0.717) is 6.04 Å². The molecular formula is C31H52N2. The van der Waals surface area contributed by atoms with E-state index in [4.69, 9.17) is 4.98 Å². The van der Waals surface area contributed by atoms with Gasteiger partial charge >= 0.3 is 0 Å². The molecule has 2 aromatic rings. The largest absolute Gasteiger partial charge is 0.332 e. The Morgan fingerprint density at radius 2 is 1.18 bits per heavy atom. The maximum atomic E-state index is 5.02. The second kappa shape index (κ2) is 17.8. The Bertz CT molecular complexity index is 701. The minimum Gasteiger partial charge on any atom is -0.332 e. The molecule has 0 spiro atoms. The normalized spacial score (nSPS) is 11.5. The third kappa shape index (κ3) is 12.5. The van der Waals surface area contributed by atoms with Crippen molar-refractivity contribution >= 4 is 0 Å². The average Bonchev–Trinajstić information content (AvgIpc) is 3.23. The van der Waals surface area contributed by atoms with Gasteiger partial charge in [-0.3, -0.25) is 0 Å². The Morgan fingerprint density at radius 1 is 0.636 bits per heavy atom. The van der Waals surface area contributed by atoms with Gasteiger partial charge in [0.25, 0.3) is 0 Å². The summed E-state index contributed by atoms with van der Waals surface area (Å²) < 4.78 is 2.42. The first-order valence-corrected chi connectivity index (χ1v) is 14.3. The Hall–Kier alpha value is -1.57. The highest BCUT2D eigenvalue weighted by Crippen LogP contribution is 2.17. The SMILES string of the molecule is CCCCCCCCCCCCCCCCc1nc(CCCc2ccccc2)cn1C(C)C. The lowest BCUT2D eigenvalue weighted by Gasteiger charge is -2.11. The first-order valence-electron chi connectivity index (χ1n) is 14.3. The molecule has 0 saturated heterocycles. The van der Waals surface area contributed by atoms with Crippen LogP contribution in [0.2, 0.25) is 0 Å². The summed E-state index contributed by atoms with van der Waals surface area (Å²) in [7, 11) is 0. The molecule has 0 saturated carbocycles. The molecule has 2 nitrogen and oxygen atoms in total. The van der Waals surface area contributed by atoms with Crippen LogP contribution in [0.15, 0.2) is 36.5 Å². The molecule has 33 heavy (non-hydrogen) atoms. The summed E-state index contributed by atoms with van der Waals surface area (Å²) in [6, 6.07) is 11.3. The van der Waals surface area contributed by atoms with E-state index >= 15 is 0 Å². The lowest BCUT2D eigenvalue weighted by Crippen LogP contribution is -2.05. The van der Waals surface area contributed by atoms with E-state index in [1.165, 1.54) is 113 Å². The zero-order valence-electron chi connectivity index (χ0n) is 22.2. The molecule has 186 valence electrons. The van der Waals surface area contributed by atoms with Crippen molar-refractivity contribution in [2.45, 2.75) is 142 Å². The van der Waals surface area contributed by atoms with Crippen molar-refractivity contribution in [3.63, 3.8) is 0 Å². The van der Waals surface area contributed by atoms with Gasteiger partial charge < -0.3 is 4.57 Å². The van der Waals surface area contributed by atoms with Gasteiger partial charge in [0.15, 0.2) is 0 Å². The Labute approximate surface area is 205 Å². The topological polar surface area (TPSA) is 17.8 Å². The van der Waals surface area contributed by atoms with Gasteiger partial charge in [0.2, 0.25) is 0 Å². The summed E-state index contributed by atoms with van der Waals surface area (Å²) in [5.74, 6) is 1.30. The molecule has 0 aliphatic rings. The molecule has 0 radical (unpaired) electrons. The van der Waals surface area contributed by atoms with Gasteiger partial charge in [0.05, 0.1) is 5.69 Å². The average molecular weight is 453 g/mol. The van der Waals surface area contributed by atoms with Gasteiger partial charge in [-0.25, -0.2) is 4.98 Å². The Morgan fingerprint density at radius 3 is 1.73 bits per heavy atom. The predicted octanol–water partition coefficient (Wildman–Crippen LogP) is 9.66. The smallest absolute Gasteiger partial charge is 0.109 e. The van der Waals surface area contributed by atoms with E-state index in [9.17, 15) is 0 Å². The molecule has 2 rings (SSSR count). The molecule has 1 aromatic carbocycles. The molecule has 2 heteroatoms. The molecule has 1 aromatic heterocycles. The Kier molecular flexibility index (Phi) is 15.0. The third-order valence-electron chi connectivity index (χ3n) is 6.91. The van der Waals surface area contributed by atoms with Crippen LogP contribution in [0.1, 0.15) is 140 Å². The van der Waals surface area contributed by atoms with Crippen molar-refractivity contribution in [1.82, 2.24) is 9.55 Å². The van der Waals surface area contributed by atoms with E-state index < -0.39 is 0 Å². The second-order valence-corrected chi connectivity index (χ2v) is 10.3. The number of nitrogens with zero attached hydrogens (tertiary/aromatic N) is 2. The van der Waals surface area contributed by atoms with Crippen molar-refractivity contribution in [3.8, 4) is 0 Å². The number of rotatable bonds is 20.